The summed E-state index contributed by atoms with van der Waals surface area (Å²) in [6, 6.07) is 9.50. The molecule has 29 heavy (non-hydrogen) atoms. The summed E-state index contributed by atoms with van der Waals surface area (Å²) < 4.78 is 7.06. The van der Waals surface area contributed by atoms with Gasteiger partial charge in [-0.05, 0) is 12.0 Å². The number of nitrogens with zero attached hydrogens (tertiary/aromatic N) is 4. The van der Waals surface area contributed by atoms with E-state index in [4.69, 9.17) is 4.74 Å². The van der Waals surface area contributed by atoms with Crippen LogP contribution in [0, 0.1) is 0 Å². The SMILES string of the molecule is OC[C@H](Cc1ccccc1)Nc1ncnc2c1ncn2[C@@H]1O[C@H](CO)[C@@H](O)[C@H]1O. The van der Waals surface area contributed by atoms with E-state index in [1.54, 1.807) is 0 Å². The zero-order valence-electron chi connectivity index (χ0n) is 15.5. The highest BCUT2D eigenvalue weighted by molar-refractivity contribution is 5.82. The first kappa shape index (κ1) is 19.7. The van der Waals surface area contributed by atoms with Crippen molar-refractivity contribution in [3.63, 3.8) is 0 Å². The number of nitrogens with one attached hydrogen (secondary N) is 1. The van der Waals surface area contributed by atoms with Gasteiger partial charge in [-0.1, -0.05) is 30.3 Å². The van der Waals surface area contributed by atoms with Gasteiger partial charge in [-0.2, -0.15) is 0 Å². The molecule has 2 aromatic heterocycles. The predicted octanol–water partition coefficient (Wildman–Crippen LogP) is -0.547. The van der Waals surface area contributed by atoms with Crippen molar-refractivity contribution in [2.75, 3.05) is 18.5 Å². The van der Waals surface area contributed by atoms with Crippen LogP contribution in [0.3, 0.4) is 0 Å². The normalized spacial score (nSPS) is 25.4. The fourth-order valence-corrected chi connectivity index (χ4v) is 3.51. The van der Waals surface area contributed by atoms with Crippen LogP contribution in [-0.4, -0.2) is 77.5 Å². The van der Waals surface area contributed by atoms with Gasteiger partial charge >= 0.3 is 0 Å². The zero-order chi connectivity index (χ0) is 20.4. The van der Waals surface area contributed by atoms with Crippen LogP contribution < -0.4 is 5.32 Å². The molecule has 1 saturated heterocycles. The molecule has 0 unspecified atom stereocenters. The molecule has 0 aliphatic carbocycles. The number of ether oxygens (including phenoxy) is 1. The molecule has 1 aliphatic heterocycles. The van der Waals surface area contributed by atoms with Crippen molar-refractivity contribution in [3.8, 4) is 0 Å². The molecule has 0 spiro atoms. The first-order valence-electron chi connectivity index (χ1n) is 9.33. The molecule has 4 rings (SSSR count). The topological polar surface area (TPSA) is 146 Å². The Balaban J connectivity index is 1.59. The maximum atomic E-state index is 10.3. The van der Waals surface area contributed by atoms with Crippen molar-refractivity contribution in [1.82, 2.24) is 19.5 Å². The minimum atomic E-state index is -1.24. The van der Waals surface area contributed by atoms with E-state index in [0.717, 1.165) is 5.56 Å². The molecule has 0 bridgehead atoms. The van der Waals surface area contributed by atoms with Gasteiger partial charge in [0.1, 0.15) is 24.6 Å². The molecule has 1 aliphatic rings. The first-order valence-corrected chi connectivity index (χ1v) is 9.33. The second-order valence-electron chi connectivity index (χ2n) is 6.99. The van der Waals surface area contributed by atoms with Crippen molar-refractivity contribution in [1.29, 1.82) is 0 Å². The summed E-state index contributed by atoms with van der Waals surface area (Å²) in [5.74, 6) is 0.440. The number of aromatic nitrogens is 4. The maximum absolute atomic E-state index is 10.3. The van der Waals surface area contributed by atoms with Crippen molar-refractivity contribution in [2.45, 2.75) is 37.0 Å². The summed E-state index contributed by atoms with van der Waals surface area (Å²) in [6.45, 7) is -0.517. The lowest BCUT2D eigenvalue weighted by molar-refractivity contribution is -0.0511. The Kier molecular flexibility index (Phi) is 5.69. The highest BCUT2D eigenvalue weighted by Gasteiger charge is 2.44. The zero-order valence-corrected chi connectivity index (χ0v) is 15.5. The van der Waals surface area contributed by atoms with Gasteiger partial charge in [0, 0.05) is 0 Å². The Labute approximate surface area is 166 Å². The molecule has 0 radical (unpaired) electrons. The van der Waals surface area contributed by atoms with Crippen LogP contribution in [0.25, 0.3) is 11.2 Å². The Bertz CT molecular complexity index is 953. The third kappa shape index (κ3) is 3.80. The molecular formula is C19H23N5O5. The summed E-state index contributed by atoms with van der Waals surface area (Å²) >= 11 is 0. The standard InChI is InChI=1S/C19H23N5O5/c25-7-12(6-11-4-2-1-3-5-11)23-17-14-18(21-9-20-17)24(10-22-14)19-16(28)15(27)13(8-26)29-19/h1-5,9-10,12-13,15-16,19,25-28H,6-8H2,(H,20,21,23)/t12-,13+,15+,16+,19+/m0/s1. The van der Waals surface area contributed by atoms with Crippen LogP contribution in [0.5, 0.6) is 0 Å². The number of aliphatic hydroxyl groups is 4. The fraction of sp³-hybridized carbons (Fsp3) is 0.421. The number of anilines is 1. The van der Waals surface area contributed by atoms with Crippen LogP contribution in [0.2, 0.25) is 0 Å². The summed E-state index contributed by atoms with van der Waals surface area (Å²) in [5, 5.41) is 42.6. The summed E-state index contributed by atoms with van der Waals surface area (Å²) in [5.41, 5.74) is 1.91. The molecule has 5 atom stereocenters. The lowest BCUT2D eigenvalue weighted by Gasteiger charge is -2.18. The van der Waals surface area contributed by atoms with Gasteiger partial charge in [-0.3, -0.25) is 4.57 Å². The van der Waals surface area contributed by atoms with Crippen molar-refractivity contribution in [2.24, 2.45) is 0 Å². The van der Waals surface area contributed by atoms with Gasteiger partial charge in [0.25, 0.3) is 0 Å². The smallest absolute Gasteiger partial charge is 0.167 e. The van der Waals surface area contributed by atoms with E-state index < -0.39 is 31.1 Å². The van der Waals surface area contributed by atoms with E-state index in [0.29, 0.717) is 23.4 Å². The van der Waals surface area contributed by atoms with Crippen LogP contribution >= 0.6 is 0 Å². The maximum Gasteiger partial charge on any atom is 0.167 e. The van der Waals surface area contributed by atoms with Crippen molar-refractivity contribution >= 4 is 17.0 Å². The van der Waals surface area contributed by atoms with Crippen LogP contribution in [0.15, 0.2) is 43.0 Å². The Morgan fingerprint density at radius 1 is 1.07 bits per heavy atom. The molecule has 1 aromatic carbocycles. The monoisotopic (exact) mass is 401 g/mol. The molecule has 5 N–H and O–H groups in total. The number of fused-ring (bicyclic) bond motifs is 1. The number of imidazole rings is 1. The van der Waals surface area contributed by atoms with Gasteiger partial charge in [-0.25, -0.2) is 15.0 Å². The van der Waals surface area contributed by atoms with E-state index in [2.05, 4.69) is 20.3 Å². The van der Waals surface area contributed by atoms with Gasteiger partial charge < -0.3 is 30.5 Å². The fourth-order valence-electron chi connectivity index (χ4n) is 3.51. The molecule has 154 valence electrons. The number of aliphatic hydroxyl groups excluding tert-OH is 4. The highest BCUT2D eigenvalue weighted by atomic mass is 16.6. The predicted molar refractivity (Wildman–Crippen MR) is 103 cm³/mol. The Morgan fingerprint density at radius 2 is 1.86 bits per heavy atom. The van der Waals surface area contributed by atoms with Crippen LogP contribution in [-0.2, 0) is 11.2 Å². The Morgan fingerprint density at radius 3 is 2.55 bits per heavy atom. The van der Waals surface area contributed by atoms with E-state index in [-0.39, 0.29) is 12.6 Å². The number of hydrogen-bond acceptors (Lipinski definition) is 9. The third-order valence-corrected chi connectivity index (χ3v) is 5.04. The molecular weight excluding hydrogens is 378 g/mol. The molecule has 1 fully saturated rings. The average molecular weight is 401 g/mol. The van der Waals surface area contributed by atoms with Gasteiger partial charge in [-0.15, -0.1) is 0 Å². The van der Waals surface area contributed by atoms with Crippen LogP contribution in [0.4, 0.5) is 5.82 Å². The van der Waals surface area contributed by atoms with Gasteiger partial charge in [0.05, 0.1) is 25.6 Å². The van der Waals surface area contributed by atoms with Gasteiger partial charge in [0.15, 0.2) is 23.2 Å². The lowest BCUT2D eigenvalue weighted by Crippen LogP contribution is -2.33. The summed E-state index contributed by atoms with van der Waals surface area (Å²) in [4.78, 5) is 12.8. The molecule has 3 heterocycles. The second kappa shape index (κ2) is 8.39. The van der Waals surface area contributed by atoms with E-state index in [1.807, 2.05) is 30.3 Å². The van der Waals surface area contributed by atoms with Crippen LogP contribution in [0.1, 0.15) is 11.8 Å². The third-order valence-electron chi connectivity index (χ3n) is 5.04. The largest absolute Gasteiger partial charge is 0.394 e. The summed E-state index contributed by atoms with van der Waals surface area (Å²) in [7, 11) is 0. The van der Waals surface area contributed by atoms with Crippen molar-refractivity contribution in [3.05, 3.63) is 48.5 Å². The van der Waals surface area contributed by atoms with E-state index >= 15 is 0 Å². The molecule has 3 aromatic rings. The molecule has 0 saturated carbocycles. The summed E-state index contributed by atoms with van der Waals surface area (Å²) in [6.07, 6.45) is -0.898. The molecule has 10 heteroatoms. The number of benzene rings is 1. The molecule has 10 nitrogen and oxygen atoms in total. The van der Waals surface area contributed by atoms with Crippen molar-refractivity contribution < 1.29 is 25.2 Å². The van der Waals surface area contributed by atoms with Gasteiger partial charge in [0.2, 0.25) is 0 Å². The average Bonchev–Trinajstić information content (AvgIpc) is 3.30. The second-order valence-corrected chi connectivity index (χ2v) is 6.99. The lowest BCUT2D eigenvalue weighted by atomic mass is 10.1. The number of rotatable bonds is 7. The minimum absolute atomic E-state index is 0.101. The quantitative estimate of drug-likeness (QED) is 0.352. The Hall–Kier alpha value is -2.63. The molecule has 0 amide bonds. The first-order chi connectivity index (χ1) is 14.1. The van der Waals surface area contributed by atoms with E-state index in [9.17, 15) is 20.4 Å². The minimum Gasteiger partial charge on any atom is -0.394 e. The van der Waals surface area contributed by atoms with E-state index in [1.165, 1.54) is 17.2 Å². The number of hydrogen-bond donors (Lipinski definition) is 5. The highest BCUT2D eigenvalue weighted by Crippen LogP contribution is 2.32.